The van der Waals surface area contributed by atoms with Crippen LogP contribution in [0, 0.1) is 5.92 Å². The monoisotopic (exact) mass is 222 g/mol. The predicted octanol–water partition coefficient (Wildman–Crippen LogP) is -0.0108. The Morgan fingerprint density at radius 2 is 2.38 bits per heavy atom. The summed E-state index contributed by atoms with van der Waals surface area (Å²) in [7, 11) is 0. The van der Waals surface area contributed by atoms with Crippen LogP contribution in [-0.4, -0.2) is 40.7 Å². The van der Waals surface area contributed by atoms with Crippen LogP contribution in [0.3, 0.4) is 0 Å². The Kier molecular flexibility index (Phi) is 2.36. The SMILES string of the molecule is O=C(OCC1CC1)c1cn(C2CNC2)nn1. The summed E-state index contributed by atoms with van der Waals surface area (Å²) in [5.41, 5.74) is 0.313. The van der Waals surface area contributed by atoms with Crippen molar-refractivity contribution in [1.82, 2.24) is 20.3 Å². The maximum atomic E-state index is 11.6. The molecule has 2 aliphatic rings. The smallest absolute Gasteiger partial charge is 0.360 e. The van der Waals surface area contributed by atoms with Gasteiger partial charge in [-0.15, -0.1) is 5.10 Å². The normalized spacial score (nSPS) is 20.5. The van der Waals surface area contributed by atoms with E-state index in [2.05, 4.69) is 15.6 Å². The molecule has 86 valence electrons. The van der Waals surface area contributed by atoms with Gasteiger partial charge in [-0.1, -0.05) is 5.21 Å². The van der Waals surface area contributed by atoms with Crippen molar-refractivity contribution in [3.05, 3.63) is 11.9 Å². The van der Waals surface area contributed by atoms with Crippen molar-refractivity contribution in [2.45, 2.75) is 18.9 Å². The number of rotatable bonds is 4. The number of carbonyl (C=O) groups is 1. The highest BCUT2D eigenvalue weighted by Gasteiger charge is 2.25. The standard InChI is InChI=1S/C10H14N4O2/c15-10(16-6-7-1-2-7)9-5-14(13-12-9)8-3-11-4-8/h5,7-8,11H,1-4,6H2. The molecule has 3 rings (SSSR count). The largest absolute Gasteiger partial charge is 0.461 e. The van der Waals surface area contributed by atoms with E-state index >= 15 is 0 Å². The average molecular weight is 222 g/mol. The van der Waals surface area contributed by atoms with E-state index in [0.717, 1.165) is 13.1 Å². The molecule has 0 spiro atoms. The topological polar surface area (TPSA) is 69.0 Å². The number of carbonyl (C=O) groups excluding carboxylic acids is 1. The number of esters is 1. The van der Waals surface area contributed by atoms with Gasteiger partial charge in [0.1, 0.15) is 0 Å². The zero-order valence-electron chi connectivity index (χ0n) is 8.93. The van der Waals surface area contributed by atoms with Gasteiger partial charge >= 0.3 is 5.97 Å². The molecular weight excluding hydrogens is 208 g/mol. The minimum Gasteiger partial charge on any atom is -0.461 e. The van der Waals surface area contributed by atoms with Crippen LogP contribution in [0.4, 0.5) is 0 Å². The van der Waals surface area contributed by atoms with Gasteiger partial charge in [0.15, 0.2) is 5.69 Å². The summed E-state index contributed by atoms with van der Waals surface area (Å²) < 4.78 is 6.85. The van der Waals surface area contributed by atoms with Gasteiger partial charge < -0.3 is 10.1 Å². The fraction of sp³-hybridized carbons (Fsp3) is 0.700. The molecule has 1 saturated carbocycles. The molecule has 0 amide bonds. The molecule has 1 N–H and O–H groups in total. The predicted molar refractivity (Wildman–Crippen MR) is 54.9 cm³/mol. The summed E-state index contributed by atoms with van der Waals surface area (Å²) in [5, 5.41) is 10.9. The van der Waals surface area contributed by atoms with Gasteiger partial charge in [-0.3, -0.25) is 0 Å². The van der Waals surface area contributed by atoms with Crippen LogP contribution in [0.25, 0.3) is 0 Å². The second-order valence-electron chi connectivity index (χ2n) is 4.44. The highest BCUT2D eigenvalue weighted by Crippen LogP contribution is 2.29. The molecule has 1 aromatic heterocycles. The minimum atomic E-state index is -0.356. The number of nitrogens with zero attached hydrogens (tertiary/aromatic N) is 3. The fourth-order valence-corrected chi connectivity index (χ4v) is 1.56. The Balaban J connectivity index is 1.59. The molecule has 1 aromatic rings. The van der Waals surface area contributed by atoms with E-state index in [1.54, 1.807) is 10.9 Å². The molecule has 0 atom stereocenters. The Hall–Kier alpha value is -1.43. The molecule has 0 bridgehead atoms. The van der Waals surface area contributed by atoms with Crippen LogP contribution in [-0.2, 0) is 4.74 Å². The summed E-state index contributed by atoms with van der Waals surface area (Å²) in [5.74, 6) is 0.222. The maximum Gasteiger partial charge on any atom is 0.360 e. The molecule has 0 aromatic carbocycles. The number of hydrogen-bond donors (Lipinski definition) is 1. The van der Waals surface area contributed by atoms with Crippen LogP contribution in [0.5, 0.6) is 0 Å². The van der Waals surface area contributed by atoms with Gasteiger partial charge in [0, 0.05) is 13.1 Å². The van der Waals surface area contributed by atoms with Gasteiger partial charge in [-0.05, 0) is 18.8 Å². The maximum absolute atomic E-state index is 11.6. The molecule has 1 saturated heterocycles. The Morgan fingerprint density at radius 1 is 1.56 bits per heavy atom. The molecule has 1 aliphatic carbocycles. The number of aromatic nitrogens is 3. The second-order valence-corrected chi connectivity index (χ2v) is 4.44. The van der Waals surface area contributed by atoms with E-state index in [9.17, 15) is 4.79 Å². The second kappa shape index (κ2) is 3.86. The van der Waals surface area contributed by atoms with Gasteiger partial charge in [-0.25, -0.2) is 9.48 Å². The van der Waals surface area contributed by atoms with E-state index < -0.39 is 0 Å². The van der Waals surface area contributed by atoms with Gasteiger partial charge in [-0.2, -0.15) is 0 Å². The van der Waals surface area contributed by atoms with Crippen molar-refractivity contribution >= 4 is 5.97 Å². The van der Waals surface area contributed by atoms with E-state index in [0.29, 0.717) is 24.3 Å². The quantitative estimate of drug-likeness (QED) is 0.726. The summed E-state index contributed by atoms with van der Waals surface area (Å²) in [6, 6.07) is 0.331. The average Bonchev–Trinajstić information content (AvgIpc) is 2.91. The summed E-state index contributed by atoms with van der Waals surface area (Å²) in [6.45, 7) is 2.30. The van der Waals surface area contributed by atoms with Crippen molar-refractivity contribution in [3.63, 3.8) is 0 Å². The lowest BCUT2D eigenvalue weighted by Crippen LogP contribution is -2.43. The molecular formula is C10H14N4O2. The number of nitrogens with one attached hydrogen (secondary N) is 1. The first kappa shape index (κ1) is 9.77. The molecule has 2 fully saturated rings. The number of ether oxygens (including phenoxy) is 1. The van der Waals surface area contributed by atoms with Crippen LogP contribution in [0.2, 0.25) is 0 Å². The van der Waals surface area contributed by atoms with E-state index in [-0.39, 0.29) is 5.97 Å². The first-order chi connectivity index (χ1) is 7.83. The third kappa shape index (κ3) is 1.92. The first-order valence-corrected chi connectivity index (χ1v) is 5.62. The lowest BCUT2D eigenvalue weighted by atomic mass is 10.2. The van der Waals surface area contributed by atoms with E-state index in [1.165, 1.54) is 12.8 Å². The van der Waals surface area contributed by atoms with Crippen molar-refractivity contribution in [2.24, 2.45) is 5.92 Å². The van der Waals surface area contributed by atoms with Gasteiger partial charge in [0.2, 0.25) is 0 Å². The number of hydrogen-bond acceptors (Lipinski definition) is 5. The van der Waals surface area contributed by atoms with Crippen molar-refractivity contribution in [1.29, 1.82) is 0 Å². The third-order valence-electron chi connectivity index (χ3n) is 3.00. The molecule has 1 aliphatic heterocycles. The molecule has 6 heteroatoms. The van der Waals surface area contributed by atoms with Crippen LogP contribution < -0.4 is 5.32 Å². The van der Waals surface area contributed by atoms with Crippen molar-refractivity contribution in [3.8, 4) is 0 Å². The Bertz CT molecular complexity index is 395. The Labute approximate surface area is 93.0 Å². The van der Waals surface area contributed by atoms with Crippen LogP contribution in [0.1, 0.15) is 29.4 Å². The van der Waals surface area contributed by atoms with Crippen LogP contribution >= 0.6 is 0 Å². The summed E-state index contributed by atoms with van der Waals surface area (Å²) in [6.07, 6.45) is 4.02. The third-order valence-corrected chi connectivity index (χ3v) is 3.00. The minimum absolute atomic E-state index is 0.313. The molecule has 0 radical (unpaired) electrons. The van der Waals surface area contributed by atoms with E-state index in [1.807, 2.05) is 0 Å². The van der Waals surface area contributed by atoms with Gasteiger partial charge in [0.05, 0.1) is 18.8 Å². The molecule has 16 heavy (non-hydrogen) atoms. The molecule has 6 nitrogen and oxygen atoms in total. The fourth-order valence-electron chi connectivity index (χ4n) is 1.56. The van der Waals surface area contributed by atoms with Crippen molar-refractivity contribution in [2.75, 3.05) is 19.7 Å². The first-order valence-electron chi connectivity index (χ1n) is 5.62. The zero-order valence-corrected chi connectivity index (χ0v) is 8.93. The summed E-state index contributed by atoms with van der Waals surface area (Å²) >= 11 is 0. The lowest BCUT2D eigenvalue weighted by Gasteiger charge is -2.26. The Morgan fingerprint density at radius 3 is 3.00 bits per heavy atom. The van der Waals surface area contributed by atoms with E-state index in [4.69, 9.17) is 4.74 Å². The highest BCUT2D eigenvalue weighted by atomic mass is 16.5. The lowest BCUT2D eigenvalue weighted by molar-refractivity contribution is 0.0479. The molecule has 2 heterocycles. The van der Waals surface area contributed by atoms with Crippen molar-refractivity contribution < 1.29 is 9.53 Å². The van der Waals surface area contributed by atoms with Gasteiger partial charge in [0.25, 0.3) is 0 Å². The zero-order chi connectivity index (χ0) is 11.0. The summed E-state index contributed by atoms with van der Waals surface area (Å²) in [4.78, 5) is 11.6. The van der Waals surface area contributed by atoms with Crippen LogP contribution in [0.15, 0.2) is 6.20 Å². The molecule has 0 unspecified atom stereocenters. The highest BCUT2D eigenvalue weighted by molar-refractivity contribution is 5.86.